The second kappa shape index (κ2) is 6.53. The van der Waals surface area contributed by atoms with Crippen molar-refractivity contribution in [2.45, 2.75) is 13.1 Å². The van der Waals surface area contributed by atoms with Gasteiger partial charge in [0.25, 0.3) is 0 Å². The lowest BCUT2D eigenvalue weighted by Gasteiger charge is -2.08. The molecule has 0 aliphatic carbocycles. The predicted molar refractivity (Wildman–Crippen MR) is 75.1 cm³/mol. The highest BCUT2D eigenvalue weighted by Gasteiger charge is 2.04. The molecule has 0 saturated carbocycles. The van der Waals surface area contributed by atoms with Crippen molar-refractivity contribution in [3.63, 3.8) is 0 Å². The Labute approximate surface area is 119 Å². The van der Waals surface area contributed by atoms with Gasteiger partial charge in [0.05, 0.1) is 38.7 Å². The van der Waals surface area contributed by atoms with Gasteiger partial charge in [0, 0.05) is 10.5 Å². The number of halogens is 1. The van der Waals surface area contributed by atoms with Gasteiger partial charge >= 0.3 is 0 Å². The first kappa shape index (κ1) is 13.8. The van der Waals surface area contributed by atoms with Crippen molar-refractivity contribution in [2.75, 3.05) is 19.0 Å². The molecule has 0 saturated heterocycles. The van der Waals surface area contributed by atoms with Crippen LogP contribution in [-0.2, 0) is 13.1 Å². The van der Waals surface area contributed by atoms with Crippen molar-refractivity contribution < 1.29 is 9.84 Å². The van der Waals surface area contributed by atoms with E-state index in [1.54, 1.807) is 18.0 Å². The molecule has 2 aromatic rings. The fourth-order valence-electron chi connectivity index (χ4n) is 1.58. The summed E-state index contributed by atoms with van der Waals surface area (Å²) < 4.78 is 7.74. The zero-order chi connectivity index (χ0) is 13.7. The topological polar surface area (TPSA) is 72.2 Å². The molecule has 0 radical (unpaired) electrons. The molecule has 2 N–H and O–H groups in total. The zero-order valence-corrected chi connectivity index (χ0v) is 12.1. The Balaban J connectivity index is 2.01. The minimum Gasteiger partial charge on any atom is -0.497 e. The summed E-state index contributed by atoms with van der Waals surface area (Å²) in [7, 11) is 1.63. The van der Waals surface area contributed by atoms with E-state index in [1.807, 2.05) is 18.2 Å². The van der Waals surface area contributed by atoms with E-state index in [0.29, 0.717) is 13.1 Å². The molecule has 0 bridgehead atoms. The van der Waals surface area contributed by atoms with Crippen LogP contribution in [0.4, 0.5) is 5.69 Å². The number of nitrogens with one attached hydrogen (secondary N) is 1. The molecule has 102 valence electrons. The fourth-order valence-corrected chi connectivity index (χ4v) is 1.97. The van der Waals surface area contributed by atoms with E-state index >= 15 is 0 Å². The molecule has 7 heteroatoms. The summed E-state index contributed by atoms with van der Waals surface area (Å²) in [5.74, 6) is 0.787. The van der Waals surface area contributed by atoms with Gasteiger partial charge in [-0.2, -0.15) is 0 Å². The van der Waals surface area contributed by atoms with Crippen molar-refractivity contribution in [2.24, 2.45) is 0 Å². The lowest BCUT2D eigenvalue weighted by Crippen LogP contribution is -2.02. The van der Waals surface area contributed by atoms with Gasteiger partial charge in [-0.15, -0.1) is 5.10 Å². The van der Waals surface area contributed by atoms with Crippen LogP contribution in [-0.4, -0.2) is 33.8 Å². The highest BCUT2D eigenvalue weighted by molar-refractivity contribution is 9.10. The Morgan fingerprint density at radius 1 is 1.47 bits per heavy atom. The monoisotopic (exact) mass is 326 g/mol. The molecule has 1 aromatic carbocycles. The minimum atomic E-state index is 0.0532. The number of aromatic nitrogens is 3. The van der Waals surface area contributed by atoms with Crippen molar-refractivity contribution in [3.8, 4) is 5.75 Å². The van der Waals surface area contributed by atoms with Crippen molar-refractivity contribution in [3.05, 3.63) is 34.6 Å². The van der Waals surface area contributed by atoms with Gasteiger partial charge in [0.15, 0.2) is 0 Å². The number of benzene rings is 1. The van der Waals surface area contributed by atoms with Crippen molar-refractivity contribution in [1.29, 1.82) is 0 Å². The number of hydrogen-bond donors (Lipinski definition) is 2. The number of rotatable bonds is 6. The van der Waals surface area contributed by atoms with Crippen LogP contribution in [0, 0.1) is 0 Å². The van der Waals surface area contributed by atoms with Gasteiger partial charge in [-0.3, -0.25) is 0 Å². The molecule has 1 heterocycles. The van der Waals surface area contributed by atoms with Gasteiger partial charge in [-0.1, -0.05) is 5.21 Å². The van der Waals surface area contributed by atoms with Crippen LogP contribution in [0.5, 0.6) is 5.75 Å². The number of nitrogens with zero attached hydrogens (tertiary/aromatic N) is 3. The van der Waals surface area contributed by atoms with Gasteiger partial charge in [-0.05, 0) is 28.1 Å². The summed E-state index contributed by atoms with van der Waals surface area (Å²) in [6.07, 6.45) is 1.80. The maximum absolute atomic E-state index is 8.81. The molecular formula is C12H15BrN4O2. The lowest BCUT2D eigenvalue weighted by molar-refractivity contribution is 0.268. The molecule has 0 atom stereocenters. The third kappa shape index (κ3) is 3.68. The van der Waals surface area contributed by atoms with Crippen LogP contribution in [0.3, 0.4) is 0 Å². The fraction of sp³-hybridized carbons (Fsp3) is 0.333. The van der Waals surface area contributed by atoms with E-state index in [-0.39, 0.29) is 6.61 Å². The van der Waals surface area contributed by atoms with Crippen LogP contribution >= 0.6 is 15.9 Å². The third-order valence-corrected chi connectivity index (χ3v) is 3.24. The predicted octanol–water partition coefficient (Wildman–Crippen LogP) is 1.65. The number of anilines is 1. The van der Waals surface area contributed by atoms with Crippen LogP contribution in [0.25, 0.3) is 0 Å². The third-order valence-electron chi connectivity index (χ3n) is 2.55. The normalized spacial score (nSPS) is 10.5. The van der Waals surface area contributed by atoms with Crippen LogP contribution in [0.2, 0.25) is 0 Å². The highest BCUT2D eigenvalue weighted by Crippen LogP contribution is 2.27. The van der Waals surface area contributed by atoms with E-state index in [4.69, 9.17) is 9.84 Å². The first-order valence-corrected chi connectivity index (χ1v) is 6.59. The van der Waals surface area contributed by atoms with E-state index in [9.17, 15) is 0 Å². The summed E-state index contributed by atoms with van der Waals surface area (Å²) >= 11 is 3.47. The Bertz CT molecular complexity index is 544. The molecule has 0 spiro atoms. The van der Waals surface area contributed by atoms with Gasteiger partial charge in [0.2, 0.25) is 0 Å². The average molecular weight is 327 g/mol. The number of ether oxygens (including phenoxy) is 1. The number of aliphatic hydroxyl groups is 1. The molecule has 19 heavy (non-hydrogen) atoms. The molecule has 0 fully saturated rings. The molecule has 0 aliphatic rings. The van der Waals surface area contributed by atoms with Crippen molar-refractivity contribution >= 4 is 21.6 Å². The summed E-state index contributed by atoms with van der Waals surface area (Å²) in [5, 5.41) is 20.0. The Hall–Kier alpha value is -1.60. The summed E-state index contributed by atoms with van der Waals surface area (Å²) in [6, 6.07) is 5.71. The van der Waals surface area contributed by atoms with Gasteiger partial charge in [0.1, 0.15) is 11.4 Å². The second-order valence-electron chi connectivity index (χ2n) is 3.90. The molecular weight excluding hydrogens is 312 g/mol. The first-order valence-electron chi connectivity index (χ1n) is 5.80. The highest BCUT2D eigenvalue weighted by atomic mass is 79.9. The van der Waals surface area contributed by atoms with Gasteiger partial charge < -0.3 is 15.2 Å². The Kier molecular flexibility index (Phi) is 4.75. The van der Waals surface area contributed by atoms with Crippen LogP contribution in [0.1, 0.15) is 5.69 Å². The average Bonchev–Trinajstić information content (AvgIpc) is 2.86. The van der Waals surface area contributed by atoms with Gasteiger partial charge in [-0.25, -0.2) is 4.68 Å². The van der Waals surface area contributed by atoms with Crippen molar-refractivity contribution in [1.82, 2.24) is 15.0 Å². The maximum atomic E-state index is 8.81. The zero-order valence-electron chi connectivity index (χ0n) is 10.5. The smallest absolute Gasteiger partial charge is 0.121 e. The summed E-state index contributed by atoms with van der Waals surface area (Å²) in [5.41, 5.74) is 1.74. The SMILES string of the molecule is COc1ccc(Br)c(NCc2cn(CCO)nn2)c1. The lowest BCUT2D eigenvalue weighted by atomic mass is 10.3. The summed E-state index contributed by atoms with van der Waals surface area (Å²) in [6.45, 7) is 1.06. The minimum absolute atomic E-state index is 0.0532. The van der Waals surface area contributed by atoms with Crippen LogP contribution < -0.4 is 10.1 Å². The second-order valence-corrected chi connectivity index (χ2v) is 4.75. The molecule has 0 amide bonds. The first-order chi connectivity index (χ1) is 9.22. The standard InChI is InChI=1S/C12H15BrN4O2/c1-19-10-2-3-11(13)12(6-10)14-7-9-8-17(4-5-18)16-15-9/h2-3,6,8,14,18H,4-5,7H2,1H3. The number of methoxy groups -OCH3 is 1. The molecule has 1 aromatic heterocycles. The Morgan fingerprint density at radius 2 is 2.32 bits per heavy atom. The molecule has 0 unspecified atom stereocenters. The van der Waals surface area contributed by atoms with Crippen LogP contribution in [0.15, 0.2) is 28.9 Å². The molecule has 2 rings (SSSR count). The summed E-state index contributed by atoms with van der Waals surface area (Å²) in [4.78, 5) is 0. The number of aliphatic hydroxyl groups excluding tert-OH is 1. The van der Waals surface area contributed by atoms with E-state index < -0.39 is 0 Å². The number of hydrogen-bond acceptors (Lipinski definition) is 5. The van der Waals surface area contributed by atoms with E-state index in [1.165, 1.54) is 0 Å². The Morgan fingerprint density at radius 3 is 3.05 bits per heavy atom. The maximum Gasteiger partial charge on any atom is 0.121 e. The quantitative estimate of drug-likeness (QED) is 0.844. The van der Waals surface area contributed by atoms with E-state index in [2.05, 4.69) is 31.6 Å². The molecule has 0 aliphatic heterocycles. The molecule has 6 nitrogen and oxygen atoms in total. The largest absolute Gasteiger partial charge is 0.497 e. The van der Waals surface area contributed by atoms with E-state index in [0.717, 1.165) is 21.6 Å².